The van der Waals surface area contributed by atoms with E-state index in [2.05, 4.69) is 10.2 Å². The third-order valence-corrected chi connectivity index (χ3v) is 4.45. The molecule has 0 bridgehead atoms. The summed E-state index contributed by atoms with van der Waals surface area (Å²) >= 11 is 1.18. The van der Waals surface area contributed by atoms with Gasteiger partial charge < -0.3 is 9.15 Å². The van der Waals surface area contributed by atoms with E-state index in [4.69, 9.17) is 9.15 Å². The Kier molecular flexibility index (Phi) is 5.14. The van der Waals surface area contributed by atoms with Crippen molar-refractivity contribution in [1.82, 2.24) is 10.2 Å². The SMILES string of the molecule is COc1ccc(C(=O)[C@@H](C)Sc2nnc(-c3ccc(F)cc3)o2)cc1. The molecule has 128 valence electrons. The number of carbonyl (C=O) groups excluding carboxylic acids is 1. The second-order valence-electron chi connectivity index (χ2n) is 5.23. The van der Waals surface area contributed by atoms with Crippen LogP contribution in [0.1, 0.15) is 17.3 Å². The van der Waals surface area contributed by atoms with E-state index in [-0.39, 0.29) is 22.7 Å². The van der Waals surface area contributed by atoms with Gasteiger partial charge in [0.15, 0.2) is 5.78 Å². The van der Waals surface area contributed by atoms with Gasteiger partial charge in [-0.05, 0) is 55.5 Å². The topological polar surface area (TPSA) is 65.2 Å². The zero-order valence-electron chi connectivity index (χ0n) is 13.6. The third-order valence-electron chi connectivity index (χ3n) is 3.52. The van der Waals surface area contributed by atoms with E-state index in [1.54, 1.807) is 50.4 Å². The summed E-state index contributed by atoms with van der Waals surface area (Å²) in [6, 6.07) is 12.7. The summed E-state index contributed by atoms with van der Waals surface area (Å²) in [5, 5.41) is 7.77. The van der Waals surface area contributed by atoms with Gasteiger partial charge in [-0.2, -0.15) is 0 Å². The summed E-state index contributed by atoms with van der Waals surface area (Å²) < 4.78 is 23.6. The monoisotopic (exact) mass is 358 g/mol. The molecule has 0 amide bonds. The van der Waals surface area contributed by atoms with E-state index < -0.39 is 5.25 Å². The number of methoxy groups -OCH3 is 1. The number of thioether (sulfide) groups is 1. The molecule has 3 rings (SSSR count). The van der Waals surface area contributed by atoms with Crippen LogP contribution in [0.3, 0.4) is 0 Å². The fourth-order valence-electron chi connectivity index (χ4n) is 2.16. The first-order valence-corrected chi connectivity index (χ1v) is 8.39. The molecule has 1 heterocycles. The van der Waals surface area contributed by atoms with Crippen LogP contribution < -0.4 is 4.74 Å². The Balaban J connectivity index is 1.69. The average Bonchev–Trinajstić information content (AvgIpc) is 3.10. The van der Waals surface area contributed by atoms with Crippen LogP contribution in [0, 0.1) is 5.82 Å². The number of rotatable bonds is 6. The fourth-order valence-corrected chi connectivity index (χ4v) is 2.92. The van der Waals surface area contributed by atoms with Crippen LogP contribution in [0.4, 0.5) is 4.39 Å². The molecular weight excluding hydrogens is 343 g/mol. The number of ketones is 1. The first-order valence-electron chi connectivity index (χ1n) is 7.51. The Morgan fingerprint density at radius 2 is 1.80 bits per heavy atom. The molecule has 2 aromatic carbocycles. The number of benzene rings is 2. The summed E-state index contributed by atoms with van der Waals surface area (Å²) in [6.45, 7) is 1.78. The summed E-state index contributed by atoms with van der Waals surface area (Å²) in [7, 11) is 1.57. The summed E-state index contributed by atoms with van der Waals surface area (Å²) in [5.74, 6) is 0.593. The minimum atomic E-state index is -0.394. The van der Waals surface area contributed by atoms with Crippen molar-refractivity contribution in [2.24, 2.45) is 0 Å². The predicted octanol–water partition coefficient (Wildman–Crippen LogP) is 4.25. The second-order valence-corrected chi connectivity index (χ2v) is 6.52. The molecule has 0 saturated carbocycles. The first kappa shape index (κ1) is 17.2. The summed E-state index contributed by atoms with van der Waals surface area (Å²) in [5.41, 5.74) is 1.20. The lowest BCUT2D eigenvalue weighted by molar-refractivity contribution is 0.0993. The Morgan fingerprint density at radius 3 is 2.44 bits per heavy atom. The lowest BCUT2D eigenvalue weighted by Crippen LogP contribution is -2.13. The molecule has 0 aliphatic rings. The highest BCUT2D eigenvalue weighted by Gasteiger charge is 2.20. The Hall–Kier alpha value is -2.67. The van der Waals surface area contributed by atoms with Gasteiger partial charge in [0, 0.05) is 11.1 Å². The van der Waals surface area contributed by atoms with Crippen molar-refractivity contribution in [1.29, 1.82) is 0 Å². The summed E-state index contributed by atoms with van der Waals surface area (Å²) in [4.78, 5) is 12.5. The lowest BCUT2D eigenvalue weighted by Gasteiger charge is -2.08. The molecule has 0 aliphatic carbocycles. The summed E-state index contributed by atoms with van der Waals surface area (Å²) in [6.07, 6.45) is 0. The molecule has 25 heavy (non-hydrogen) atoms. The predicted molar refractivity (Wildman–Crippen MR) is 92.3 cm³/mol. The van der Waals surface area contributed by atoms with Crippen LogP contribution >= 0.6 is 11.8 Å². The maximum atomic E-state index is 13.0. The molecule has 0 unspecified atom stereocenters. The van der Waals surface area contributed by atoms with Gasteiger partial charge in [-0.15, -0.1) is 10.2 Å². The van der Waals surface area contributed by atoms with Crippen molar-refractivity contribution in [2.75, 3.05) is 7.11 Å². The average molecular weight is 358 g/mol. The Bertz CT molecular complexity index is 863. The normalized spacial score (nSPS) is 12.0. The van der Waals surface area contributed by atoms with Crippen LogP contribution in [-0.4, -0.2) is 28.3 Å². The maximum absolute atomic E-state index is 13.0. The molecule has 0 saturated heterocycles. The van der Waals surface area contributed by atoms with Crippen LogP contribution in [0.2, 0.25) is 0 Å². The van der Waals surface area contributed by atoms with Gasteiger partial charge in [0.2, 0.25) is 5.89 Å². The molecule has 0 radical (unpaired) electrons. The molecule has 5 nitrogen and oxygen atoms in total. The van der Waals surface area contributed by atoms with Crippen molar-refractivity contribution in [3.63, 3.8) is 0 Å². The maximum Gasteiger partial charge on any atom is 0.277 e. The molecule has 7 heteroatoms. The Morgan fingerprint density at radius 1 is 1.12 bits per heavy atom. The van der Waals surface area contributed by atoms with Gasteiger partial charge in [0.05, 0.1) is 12.4 Å². The fraction of sp³-hybridized carbons (Fsp3) is 0.167. The van der Waals surface area contributed by atoms with Crippen LogP contribution in [-0.2, 0) is 0 Å². The molecule has 0 spiro atoms. The molecule has 0 N–H and O–H groups in total. The third kappa shape index (κ3) is 4.06. The highest BCUT2D eigenvalue weighted by atomic mass is 32.2. The zero-order valence-corrected chi connectivity index (χ0v) is 14.4. The van der Waals surface area contributed by atoms with Crippen molar-refractivity contribution in [3.05, 3.63) is 59.9 Å². The molecular formula is C18H15FN2O3S. The second kappa shape index (κ2) is 7.48. The number of carbonyl (C=O) groups is 1. The van der Waals surface area contributed by atoms with E-state index in [1.807, 2.05) is 0 Å². The standard InChI is InChI=1S/C18H15FN2O3S/c1-11(16(22)12-5-9-15(23-2)10-6-12)25-18-21-20-17(24-18)13-3-7-14(19)8-4-13/h3-11H,1-2H3/t11-/m1/s1. The van der Waals surface area contributed by atoms with E-state index in [9.17, 15) is 9.18 Å². The number of halogens is 1. The van der Waals surface area contributed by atoms with E-state index in [0.717, 1.165) is 0 Å². The van der Waals surface area contributed by atoms with Crippen LogP contribution in [0.5, 0.6) is 5.75 Å². The van der Waals surface area contributed by atoms with Gasteiger partial charge in [-0.25, -0.2) is 4.39 Å². The smallest absolute Gasteiger partial charge is 0.277 e. The number of aromatic nitrogens is 2. The molecule has 3 aromatic rings. The number of Topliss-reactive ketones (excluding diaryl/α,β-unsaturated/α-hetero) is 1. The van der Waals surface area contributed by atoms with Gasteiger partial charge in [-0.1, -0.05) is 11.8 Å². The highest BCUT2D eigenvalue weighted by molar-refractivity contribution is 8.00. The number of hydrogen-bond acceptors (Lipinski definition) is 6. The Labute approximate surface area is 148 Å². The minimum Gasteiger partial charge on any atom is -0.497 e. The van der Waals surface area contributed by atoms with E-state index >= 15 is 0 Å². The number of ether oxygens (including phenoxy) is 1. The zero-order chi connectivity index (χ0) is 17.8. The van der Waals surface area contributed by atoms with Gasteiger partial charge >= 0.3 is 0 Å². The molecule has 1 atom stereocenters. The molecule has 0 fully saturated rings. The van der Waals surface area contributed by atoms with Crippen molar-refractivity contribution in [2.45, 2.75) is 17.4 Å². The quantitative estimate of drug-likeness (QED) is 0.485. The van der Waals surface area contributed by atoms with Crippen LogP contribution in [0.25, 0.3) is 11.5 Å². The molecule has 1 aromatic heterocycles. The van der Waals surface area contributed by atoms with Gasteiger partial charge in [0.25, 0.3) is 5.22 Å². The first-order chi connectivity index (χ1) is 12.1. The number of nitrogens with zero attached hydrogens (tertiary/aromatic N) is 2. The van der Waals surface area contributed by atoms with Gasteiger partial charge in [0.1, 0.15) is 11.6 Å². The number of hydrogen-bond donors (Lipinski definition) is 0. The highest BCUT2D eigenvalue weighted by Crippen LogP contribution is 2.28. The van der Waals surface area contributed by atoms with Crippen molar-refractivity contribution >= 4 is 17.5 Å². The minimum absolute atomic E-state index is 0.0471. The van der Waals surface area contributed by atoms with Gasteiger partial charge in [-0.3, -0.25) is 4.79 Å². The van der Waals surface area contributed by atoms with Crippen LogP contribution in [0.15, 0.2) is 58.2 Å². The van der Waals surface area contributed by atoms with E-state index in [1.165, 1.54) is 23.9 Å². The largest absolute Gasteiger partial charge is 0.497 e. The van der Waals surface area contributed by atoms with E-state index in [0.29, 0.717) is 16.9 Å². The lowest BCUT2D eigenvalue weighted by atomic mass is 10.1. The van der Waals surface area contributed by atoms with Crippen molar-refractivity contribution in [3.8, 4) is 17.2 Å². The molecule has 0 aliphatic heterocycles. The van der Waals surface area contributed by atoms with Crippen molar-refractivity contribution < 1.29 is 18.3 Å².